The van der Waals surface area contributed by atoms with Gasteiger partial charge < -0.3 is 4.74 Å². The van der Waals surface area contributed by atoms with Crippen LogP contribution in [0.5, 0.6) is 5.75 Å². The van der Waals surface area contributed by atoms with Crippen molar-refractivity contribution in [1.82, 2.24) is 14.4 Å². The smallest absolute Gasteiger partial charge is 0.234 e. The van der Waals surface area contributed by atoms with Gasteiger partial charge in [-0.15, -0.1) is 0 Å². The Labute approximate surface area is 142 Å². The molecule has 4 nitrogen and oxygen atoms in total. The highest BCUT2D eigenvalue weighted by Gasteiger charge is 2.08. The summed E-state index contributed by atoms with van der Waals surface area (Å²) in [6, 6.07) is 13.2. The molecule has 0 aliphatic rings. The summed E-state index contributed by atoms with van der Waals surface area (Å²) in [5, 5.41) is 0. The second-order valence-electron chi connectivity index (χ2n) is 5.51. The molecule has 2 heterocycles. The standard InChI is InChI=1S/C19H13F2N3O/c20-17-7-6-13(8-18(17)21)14-9-22-19-23-15(11-24(19)10-14)12-25-16-4-2-1-3-5-16/h1-11H,12H2. The summed E-state index contributed by atoms with van der Waals surface area (Å²) in [7, 11) is 0. The molecule has 4 rings (SSSR count). The van der Waals surface area contributed by atoms with E-state index in [1.54, 1.807) is 23.0 Å². The third-order valence-electron chi connectivity index (χ3n) is 3.74. The van der Waals surface area contributed by atoms with Crippen LogP contribution >= 0.6 is 0 Å². The molecule has 6 heteroatoms. The Hall–Kier alpha value is -3.28. The van der Waals surface area contributed by atoms with E-state index < -0.39 is 11.6 Å². The van der Waals surface area contributed by atoms with Crippen molar-refractivity contribution in [2.24, 2.45) is 0 Å². The number of benzene rings is 2. The SMILES string of the molecule is Fc1ccc(-c2cnc3nc(COc4ccccc4)cn3c2)cc1F. The zero-order valence-electron chi connectivity index (χ0n) is 13.1. The highest BCUT2D eigenvalue weighted by molar-refractivity contribution is 5.62. The monoisotopic (exact) mass is 337 g/mol. The van der Waals surface area contributed by atoms with Crippen molar-refractivity contribution in [3.05, 3.63) is 84.4 Å². The summed E-state index contributed by atoms with van der Waals surface area (Å²) in [6.07, 6.45) is 5.15. The minimum atomic E-state index is -0.889. The van der Waals surface area contributed by atoms with Gasteiger partial charge in [-0.25, -0.2) is 18.7 Å². The number of hydrogen-bond acceptors (Lipinski definition) is 3. The van der Waals surface area contributed by atoms with Gasteiger partial charge in [-0.3, -0.25) is 4.40 Å². The molecule has 0 N–H and O–H groups in total. The molecule has 2 aromatic heterocycles. The van der Waals surface area contributed by atoms with Gasteiger partial charge in [0.2, 0.25) is 5.78 Å². The molecule has 25 heavy (non-hydrogen) atoms. The van der Waals surface area contributed by atoms with Crippen molar-refractivity contribution < 1.29 is 13.5 Å². The van der Waals surface area contributed by atoms with E-state index in [4.69, 9.17) is 4.74 Å². The Morgan fingerprint density at radius 1 is 0.920 bits per heavy atom. The summed E-state index contributed by atoms with van der Waals surface area (Å²) in [6.45, 7) is 0.313. The fourth-order valence-electron chi connectivity index (χ4n) is 2.50. The minimum absolute atomic E-state index is 0.313. The van der Waals surface area contributed by atoms with E-state index in [1.165, 1.54) is 6.07 Å². The van der Waals surface area contributed by atoms with Crippen molar-refractivity contribution in [3.8, 4) is 16.9 Å². The van der Waals surface area contributed by atoms with Crippen LogP contribution in [0, 0.1) is 11.6 Å². The molecule has 0 fully saturated rings. The van der Waals surface area contributed by atoms with E-state index >= 15 is 0 Å². The molecule has 0 atom stereocenters. The third kappa shape index (κ3) is 3.19. The second kappa shape index (κ2) is 6.32. The van der Waals surface area contributed by atoms with Crippen LogP contribution in [0.1, 0.15) is 5.69 Å². The molecular formula is C19H13F2N3O. The van der Waals surface area contributed by atoms with Crippen molar-refractivity contribution >= 4 is 5.78 Å². The Kier molecular flexibility index (Phi) is 3.85. The Morgan fingerprint density at radius 2 is 1.76 bits per heavy atom. The lowest BCUT2D eigenvalue weighted by molar-refractivity contribution is 0.302. The number of nitrogens with zero attached hydrogens (tertiary/aromatic N) is 3. The van der Waals surface area contributed by atoms with E-state index in [0.29, 0.717) is 23.5 Å². The van der Waals surface area contributed by atoms with Gasteiger partial charge in [0.1, 0.15) is 12.4 Å². The van der Waals surface area contributed by atoms with Gasteiger partial charge in [-0.2, -0.15) is 0 Å². The molecule has 0 aliphatic carbocycles. The summed E-state index contributed by atoms with van der Waals surface area (Å²) in [4.78, 5) is 8.65. The molecule has 0 radical (unpaired) electrons. The van der Waals surface area contributed by atoms with Gasteiger partial charge in [0, 0.05) is 24.2 Å². The van der Waals surface area contributed by atoms with Gasteiger partial charge >= 0.3 is 0 Å². The lowest BCUT2D eigenvalue weighted by atomic mass is 10.1. The largest absolute Gasteiger partial charge is 0.487 e. The van der Waals surface area contributed by atoms with Crippen LogP contribution in [-0.4, -0.2) is 14.4 Å². The number of imidazole rings is 1. The predicted molar refractivity (Wildman–Crippen MR) is 89.1 cm³/mol. The lowest BCUT2D eigenvalue weighted by Gasteiger charge is -2.03. The van der Waals surface area contributed by atoms with E-state index in [-0.39, 0.29) is 0 Å². The Balaban J connectivity index is 1.59. The summed E-state index contributed by atoms with van der Waals surface area (Å²) < 4.78 is 33.9. The average Bonchev–Trinajstić information content (AvgIpc) is 3.05. The second-order valence-corrected chi connectivity index (χ2v) is 5.51. The van der Waals surface area contributed by atoms with Gasteiger partial charge in [0.25, 0.3) is 0 Å². The molecule has 0 saturated carbocycles. The van der Waals surface area contributed by atoms with E-state index in [0.717, 1.165) is 23.6 Å². The third-order valence-corrected chi connectivity index (χ3v) is 3.74. The summed E-state index contributed by atoms with van der Waals surface area (Å²) >= 11 is 0. The van der Waals surface area contributed by atoms with Gasteiger partial charge in [-0.05, 0) is 29.8 Å². The van der Waals surface area contributed by atoms with Crippen LogP contribution < -0.4 is 4.74 Å². The summed E-state index contributed by atoms with van der Waals surface area (Å²) in [5.74, 6) is -0.492. The Bertz CT molecular complexity index is 1030. The predicted octanol–water partition coefficient (Wildman–Crippen LogP) is 4.25. The number of aromatic nitrogens is 3. The van der Waals surface area contributed by atoms with Crippen molar-refractivity contribution in [2.75, 3.05) is 0 Å². The average molecular weight is 337 g/mol. The maximum absolute atomic E-state index is 13.4. The summed E-state index contributed by atoms with van der Waals surface area (Å²) in [5.41, 5.74) is 1.93. The van der Waals surface area contributed by atoms with Crippen LogP contribution in [0.3, 0.4) is 0 Å². The number of rotatable bonds is 4. The maximum Gasteiger partial charge on any atom is 0.234 e. The zero-order valence-corrected chi connectivity index (χ0v) is 13.1. The van der Waals surface area contributed by atoms with E-state index in [9.17, 15) is 8.78 Å². The van der Waals surface area contributed by atoms with E-state index in [1.807, 2.05) is 30.3 Å². The molecule has 0 amide bonds. The molecule has 0 saturated heterocycles. The van der Waals surface area contributed by atoms with Crippen LogP contribution in [-0.2, 0) is 6.61 Å². The number of ether oxygens (including phenoxy) is 1. The number of hydrogen-bond donors (Lipinski definition) is 0. The van der Waals surface area contributed by atoms with Crippen molar-refractivity contribution in [3.63, 3.8) is 0 Å². The first-order chi connectivity index (χ1) is 12.2. The molecule has 4 aromatic rings. The van der Waals surface area contributed by atoms with Crippen molar-refractivity contribution in [1.29, 1.82) is 0 Å². The van der Waals surface area contributed by atoms with Gasteiger partial charge in [0.05, 0.1) is 5.69 Å². The molecule has 0 aliphatic heterocycles. The van der Waals surface area contributed by atoms with Crippen LogP contribution in [0.25, 0.3) is 16.9 Å². The number of para-hydroxylation sites is 1. The van der Waals surface area contributed by atoms with Gasteiger partial charge in [-0.1, -0.05) is 24.3 Å². The molecule has 2 aromatic carbocycles. The topological polar surface area (TPSA) is 39.4 Å². The highest BCUT2D eigenvalue weighted by atomic mass is 19.2. The van der Waals surface area contributed by atoms with Crippen molar-refractivity contribution in [2.45, 2.75) is 6.61 Å². The maximum atomic E-state index is 13.4. The van der Waals surface area contributed by atoms with Crippen LogP contribution in [0.4, 0.5) is 8.78 Å². The first kappa shape index (κ1) is 15.3. The van der Waals surface area contributed by atoms with E-state index in [2.05, 4.69) is 9.97 Å². The van der Waals surface area contributed by atoms with Gasteiger partial charge in [0.15, 0.2) is 11.6 Å². The number of fused-ring (bicyclic) bond motifs is 1. The quantitative estimate of drug-likeness (QED) is 0.559. The first-order valence-corrected chi connectivity index (χ1v) is 7.66. The lowest BCUT2D eigenvalue weighted by Crippen LogP contribution is -1.94. The highest BCUT2D eigenvalue weighted by Crippen LogP contribution is 2.21. The molecule has 0 spiro atoms. The zero-order chi connectivity index (χ0) is 17.2. The fourth-order valence-corrected chi connectivity index (χ4v) is 2.50. The van der Waals surface area contributed by atoms with Crippen LogP contribution in [0.2, 0.25) is 0 Å². The molecule has 124 valence electrons. The first-order valence-electron chi connectivity index (χ1n) is 7.66. The fraction of sp³-hybridized carbons (Fsp3) is 0.0526. The van der Waals surface area contributed by atoms with Crippen LogP contribution in [0.15, 0.2) is 67.1 Å². The molecular weight excluding hydrogens is 324 g/mol. The normalized spacial score (nSPS) is 11.0. The Morgan fingerprint density at radius 3 is 2.56 bits per heavy atom. The molecule has 0 bridgehead atoms. The minimum Gasteiger partial charge on any atom is -0.487 e. The number of halogens is 2. The molecule has 0 unspecified atom stereocenters.